The fourth-order valence-corrected chi connectivity index (χ4v) is 3.62. The molecule has 0 aliphatic heterocycles. The average molecular weight is 318 g/mol. The third kappa shape index (κ3) is 2.92. The molecule has 0 bridgehead atoms. The van der Waals surface area contributed by atoms with E-state index in [4.69, 9.17) is 0 Å². The predicted octanol–water partition coefficient (Wildman–Crippen LogP) is 4.39. The van der Waals surface area contributed by atoms with Crippen molar-refractivity contribution in [3.63, 3.8) is 0 Å². The molecule has 0 aliphatic rings. The quantitative estimate of drug-likeness (QED) is 0.783. The molecule has 0 saturated heterocycles. The van der Waals surface area contributed by atoms with E-state index in [9.17, 15) is 26.0 Å². The number of halogens is 4. The van der Waals surface area contributed by atoms with Crippen molar-refractivity contribution in [3.8, 4) is 0 Å². The molecule has 0 radical (unpaired) electrons. The summed E-state index contributed by atoms with van der Waals surface area (Å²) in [4.78, 5) is -1.32. The van der Waals surface area contributed by atoms with E-state index < -0.39 is 43.6 Å². The van der Waals surface area contributed by atoms with E-state index in [1.165, 1.54) is 24.3 Å². The fourth-order valence-electron chi connectivity index (χ4n) is 1.93. The lowest BCUT2D eigenvalue weighted by atomic mass is 10.2. The van der Waals surface area contributed by atoms with Crippen LogP contribution in [-0.2, 0) is 9.84 Å². The molecule has 2 rings (SSSR count). The first kappa shape index (κ1) is 15.5. The summed E-state index contributed by atoms with van der Waals surface area (Å²) < 4.78 is 76.5. The topological polar surface area (TPSA) is 34.1 Å². The molecule has 0 amide bonds. The maximum absolute atomic E-state index is 12.9. The lowest BCUT2D eigenvalue weighted by Crippen LogP contribution is -2.09. The molecular formula is C14H10F4O2S. The van der Waals surface area contributed by atoms with Crippen molar-refractivity contribution in [1.29, 1.82) is 0 Å². The van der Waals surface area contributed by atoms with Crippen LogP contribution in [0.4, 0.5) is 17.6 Å². The Morgan fingerprint density at radius 3 is 1.33 bits per heavy atom. The van der Waals surface area contributed by atoms with Gasteiger partial charge in [-0.05, 0) is 12.1 Å². The first-order valence-electron chi connectivity index (χ1n) is 5.85. The number of hydrogen-bond acceptors (Lipinski definition) is 2. The monoisotopic (exact) mass is 318 g/mol. The Bertz CT molecular complexity index is 685. The SMILES string of the molecule is O=S(=O)(c1ccccc1C(F)F)c1ccccc1C(F)F. The molecule has 0 saturated carbocycles. The van der Waals surface area contributed by atoms with Gasteiger partial charge in [0.1, 0.15) is 0 Å². The van der Waals surface area contributed by atoms with E-state index in [0.29, 0.717) is 0 Å². The van der Waals surface area contributed by atoms with E-state index in [1.807, 2.05) is 0 Å². The van der Waals surface area contributed by atoms with Gasteiger partial charge in [0.15, 0.2) is 0 Å². The molecular weight excluding hydrogens is 308 g/mol. The first-order valence-corrected chi connectivity index (χ1v) is 7.33. The number of rotatable bonds is 4. The molecule has 0 aromatic heterocycles. The molecule has 0 aliphatic carbocycles. The number of benzene rings is 2. The first-order chi connectivity index (χ1) is 9.85. The molecule has 2 aromatic rings. The van der Waals surface area contributed by atoms with Crippen molar-refractivity contribution in [2.45, 2.75) is 22.6 Å². The van der Waals surface area contributed by atoms with Gasteiger partial charge in [0, 0.05) is 11.1 Å². The molecule has 112 valence electrons. The summed E-state index contributed by atoms with van der Waals surface area (Å²) in [5.41, 5.74) is -1.41. The Kier molecular flexibility index (Phi) is 4.32. The van der Waals surface area contributed by atoms with Crippen LogP contribution in [0, 0.1) is 0 Å². The predicted molar refractivity (Wildman–Crippen MR) is 68.2 cm³/mol. The Morgan fingerprint density at radius 2 is 1.00 bits per heavy atom. The van der Waals surface area contributed by atoms with Crippen LogP contribution < -0.4 is 0 Å². The minimum absolute atomic E-state index is 0.659. The molecule has 0 atom stereocenters. The van der Waals surface area contributed by atoms with Crippen molar-refractivity contribution < 1.29 is 26.0 Å². The van der Waals surface area contributed by atoms with E-state index >= 15 is 0 Å². The summed E-state index contributed by atoms with van der Waals surface area (Å²) in [7, 11) is -4.45. The van der Waals surface area contributed by atoms with Gasteiger partial charge in [-0.2, -0.15) is 0 Å². The second-order valence-electron chi connectivity index (χ2n) is 4.18. The third-order valence-electron chi connectivity index (χ3n) is 2.89. The molecule has 21 heavy (non-hydrogen) atoms. The Labute approximate surface area is 119 Å². The normalized spacial score (nSPS) is 12.1. The highest BCUT2D eigenvalue weighted by Gasteiger charge is 2.28. The van der Waals surface area contributed by atoms with Crippen LogP contribution in [0.1, 0.15) is 24.0 Å². The highest BCUT2D eigenvalue weighted by atomic mass is 32.2. The van der Waals surface area contributed by atoms with Crippen LogP contribution in [0.5, 0.6) is 0 Å². The van der Waals surface area contributed by atoms with Gasteiger partial charge in [-0.1, -0.05) is 36.4 Å². The molecule has 2 aromatic carbocycles. The summed E-state index contributed by atoms with van der Waals surface area (Å²) in [5, 5.41) is 0. The Hall–Kier alpha value is -1.89. The van der Waals surface area contributed by atoms with Crippen LogP contribution in [0.15, 0.2) is 58.3 Å². The number of sulfone groups is 1. The summed E-state index contributed by atoms with van der Waals surface area (Å²) in [5.74, 6) is 0. The maximum atomic E-state index is 12.9. The van der Waals surface area contributed by atoms with Gasteiger partial charge >= 0.3 is 0 Å². The molecule has 0 N–H and O–H groups in total. The largest absolute Gasteiger partial charge is 0.265 e. The minimum atomic E-state index is -4.45. The van der Waals surface area contributed by atoms with Crippen LogP contribution in [0.2, 0.25) is 0 Å². The number of hydrogen-bond donors (Lipinski definition) is 0. The van der Waals surface area contributed by atoms with Gasteiger partial charge in [0.05, 0.1) is 9.79 Å². The van der Waals surface area contributed by atoms with Gasteiger partial charge < -0.3 is 0 Å². The van der Waals surface area contributed by atoms with E-state index in [2.05, 4.69) is 0 Å². The number of alkyl halides is 4. The zero-order valence-electron chi connectivity index (χ0n) is 10.5. The van der Waals surface area contributed by atoms with Crippen LogP contribution in [0.25, 0.3) is 0 Å². The summed E-state index contributed by atoms with van der Waals surface area (Å²) in [6.45, 7) is 0. The van der Waals surface area contributed by atoms with Gasteiger partial charge in [0.25, 0.3) is 12.9 Å². The van der Waals surface area contributed by atoms with Crippen LogP contribution in [-0.4, -0.2) is 8.42 Å². The van der Waals surface area contributed by atoms with Crippen LogP contribution >= 0.6 is 0 Å². The minimum Gasteiger partial charge on any atom is -0.218 e. The fraction of sp³-hybridized carbons (Fsp3) is 0.143. The van der Waals surface area contributed by atoms with Gasteiger partial charge in [-0.25, -0.2) is 26.0 Å². The lowest BCUT2D eigenvalue weighted by molar-refractivity contribution is 0.147. The zero-order valence-corrected chi connectivity index (χ0v) is 11.3. The summed E-state index contributed by atoms with van der Waals surface area (Å²) >= 11 is 0. The Morgan fingerprint density at radius 1 is 0.667 bits per heavy atom. The highest BCUT2D eigenvalue weighted by molar-refractivity contribution is 7.91. The molecule has 0 unspecified atom stereocenters. The van der Waals surface area contributed by atoms with E-state index in [-0.39, 0.29) is 0 Å². The molecule has 7 heteroatoms. The van der Waals surface area contributed by atoms with Gasteiger partial charge in [-0.3, -0.25) is 0 Å². The van der Waals surface area contributed by atoms with Crippen molar-refractivity contribution in [2.75, 3.05) is 0 Å². The zero-order chi connectivity index (χ0) is 15.6. The molecule has 0 spiro atoms. The van der Waals surface area contributed by atoms with E-state index in [0.717, 1.165) is 24.3 Å². The van der Waals surface area contributed by atoms with Crippen LogP contribution in [0.3, 0.4) is 0 Å². The summed E-state index contributed by atoms with van der Waals surface area (Å²) in [6, 6.07) is 8.95. The van der Waals surface area contributed by atoms with Crippen molar-refractivity contribution in [3.05, 3.63) is 59.7 Å². The third-order valence-corrected chi connectivity index (χ3v) is 4.79. The maximum Gasteiger partial charge on any atom is 0.265 e. The van der Waals surface area contributed by atoms with E-state index in [1.54, 1.807) is 0 Å². The standard InChI is InChI=1S/C14H10F4O2S/c15-13(16)9-5-1-3-7-11(9)21(19,20)12-8-4-2-6-10(12)14(17)18/h1-8,13-14H. The van der Waals surface area contributed by atoms with Crippen molar-refractivity contribution in [2.24, 2.45) is 0 Å². The molecule has 2 nitrogen and oxygen atoms in total. The van der Waals surface area contributed by atoms with Crippen molar-refractivity contribution >= 4 is 9.84 Å². The smallest absolute Gasteiger partial charge is 0.218 e. The summed E-state index contributed by atoms with van der Waals surface area (Å²) in [6.07, 6.45) is -6.04. The van der Waals surface area contributed by atoms with Gasteiger partial charge in [0.2, 0.25) is 9.84 Å². The van der Waals surface area contributed by atoms with Crippen molar-refractivity contribution in [1.82, 2.24) is 0 Å². The lowest BCUT2D eigenvalue weighted by Gasteiger charge is -2.13. The Balaban J connectivity index is 2.70. The second-order valence-corrected chi connectivity index (χ2v) is 6.07. The molecule has 0 heterocycles. The average Bonchev–Trinajstić information content (AvgIpc) is 2.47. The highest BCUT2D eigenvalue weighted by Crippen LogP contribution is 2.34. The van der Waals surface area contributed by atoms with Gasteiger partial charge in [-0.15, -0.1) is 0 Å². The second kappa shape index (κ2) is 5.85. The molecule has 0 fully saturated rings.